The molecule has 3 aromatic rings. The quantitative estimate of drug-likeness (QED) is 0.366. The zero-order valence-electron chi connectivity index (χ0n) is 19.6. The minimum atomic E-state index is -4.16. The first kappa shape index (κ1) is 26.2. The highest BCUT2D eigenvalue weighted by Gasteiger charge is 2.27. The molecular formula is C25H26N4O6S. The average molecular weight is 511 g/mol. The van der Waals surface area contributed by atoms with Crippen molar-refractivity contribution >= 4 is 39.4 Å². The van der Waals surface area contributed by atoms with Gasteiger partial charge in [-0.05, 0) is 48.4 Å². The molecule has 3 aromatic carbocycles. The standard InChI is InChI=1S/C25H26N4O6S/c1-17-8-6-7-11-22(17)36(34,35)28-24(31)27-21(16-18-9-4-3-5-10-18)23(30)29(2)20-14-12-19(13-15-20)26-25(32)33/h3-15,21,26H,16H2,1-2H3,(H,32,33)(H2,27,28,31). The second-order valence-electron chi connectivity index (χ2n) is 7.96. The molecule has 10 nitrogen and oxygen atoms in total. The normalized spacial score (nSPS) is 11.7. The van der Waals surface area contributed by atoms with Crippen LogP contribution in [-0.4, -0.2) is 44.6 Å². The van der Waals surface area contributed by atoms with Crippen LogP contribution in [0.1, 0.15) is 11.1 Å². The van der Waals surface area contributed by atoms with Crippen molar-refractivity contribution in [1.29, 1.82) is 0 Å². The van der Waals surface area contributed by atoms with Crippen LogP contribution in [0.2, 0.25) is 0 Å². The van der Waals surface area contributed by atoms with Crippen molar-refractivity contribution in [1.82, 2.24) is 10.0 Å². The van der Waals surface area contributed by atoms with Gasteiger partial charge in [0.15, 0.2) is 0 Å². The lowest BCUT2D eigenvalue weighted by Gasteiger charge is -2.25. The molecule has 4 N–H and O–H groups in total. The first-order valence-corrected chi connectivity index (χ1v) is 12.4. The van der Waals surface area contributed by atoms with Gasteiger partial charge in [0.1, 0.15) is 6.04 Å². The molecule has 0 aliphatic heterocycles. The summed E-state index contributed by atoms with van der Waals surface area (Å²) in [6.45, 7) is 1.61. The summed E-state index contributed by atoms with van der Waals surface area (Å²) in [6.07, 6.45) is -1.11. The Morgan fingerprint density at radius 2 is 1.53 bits per heavy atom. The summed E-state index contributed by atoms with van der Waals surface area (Å²) in [5.74, 6) is -0.499. The zero-order valence-corrected chi connectivity index (χ0v) is 20.5. The van der Waals surface area contributed by atoms with E-state index in [1.165, 1.54) is 30.1 Å². The molecule has 188 valence electrons. The molecule has 0 fully saturated rings. The molecular weight excluding hydrogens is 484 g/mol. The topological polar surface area (TPSA) is 145 Å². The van der Waals surface area contributed by atoms with Gasteiger partial charge in [0, 0.05) is 24.8 Å². The number of hydrogen-bond donors (Lipinski definition) is 4. The monoisotopic (exact) mass is 510 g/mol. The second-order valence-corrected chi connectivity index (χ2v) is 9.61. The summed E-state index contributed by atoms with van der Waals surface area (Å²) in [7, 11) is -2.66. The molecule has 0 saturated carbocycles. The number of nitrogens with one attached hydrogen (secondary N) is 3. The van der Waals surface area contributed by atoms with E-state index in [0.717, 1.165) is 5.56 Å². The van der Waals surface area contributed by atoms with Crippen LogP contribution in [0.5, 0.6) is 0 Å². The van der Waals surface area contributed by atoms with Gasteiger partial charge in [-0.3, -0.25) is 10.1 Å². The molecule has 0 aliphatic rings. The Bertz CT molecular complexity index is 1340. The fourth-order valence-electron chi connectivity index (χ4n) is 3.53. The molecule has 1 unspecified atom stereocenters. The number of likely N-dealkylation sites (N-methyl/N-ethyl adjacent to an activating group) is 1. The van der Waals surface area contributed by atoms with E-state index in [4.69, 9.17) is 5.11 Å². The van der Waals surface area contributed by atoms with Crippen LogP contribution in [0, 0.1) is 6.92 Å². The van der Waals surface area contributed by atoms with Crippen LogP contribution >= 0.6 is 0 Å². The summed E-state index contributed by atoms with van der Waals surface area (Å²) in [5.41, 5.74) is 2.00. The number of urea groups is 1. The molecule has 0 saturated heterocycles. The van der Waals surface area contributed by atoms with Crippen molar-refractivity contribution in [2.45, 2.75) is 24.3 Å². The van der Waals surface area contributed by atoms with Crippen molar-refractivity contribution in [3.63, 3.8) is 0 Å². The van der Waals surface area contributed by atoms with E-state index in [9.17, 15) is 22.8 Å². The van der Waals surface area contributed by atoms with Gasteiger partial charge in [-0.2, -0.15) is 0 Å². The first-order chi connectivity index (χ1) is 17.1. The van der Waals surface area contributed by atoms with E-state index in [0.29, 0.717) is 16.9 Å². The van der Waals surface area contributed by atoms with Crippen molar-refractivity contribution in [3.8, 4) is 0 Å². The van der Waals surface area contributed by atoms with E-state index >= 15 is 0 Å². The maximum absolute atomic E-state index is 13.4. The third-order valence-electron chi connectivity index (χ3n) is 5.33. The van der Waals surface area contributed by atoms with Crippen molar-refractivity contribution in [2.24, 2.45) is 0 Å². The van der Waals surface area contributed by atoms with E-state index < -0.39 is 34.1 Å². The Balaban J connectivity index is 1.80. The van der Waals surface area contributed by atoms with Crippen LogP contribution in [0.4, 0.5) is 21.0 Å². The number of aryl methyl sites for hydroxylation is 1. The van der Waals surface area contributed by atoms with E-state index in [1.54, 1.807) is 61.5 Å². The fraction of sp³-hybridized carbons (Fsp3) is 0.160. The highest BCUT2D eigenvalue weighted by molar-refractivity contribution is 7.90. The third kappa shape index (κ3) is 6.83. The fourth-order valence-corrected chi connectivity index (χ4v) is 4.69. The van der Waals surface area contributed by atoms with Crippen LogP contribution < -0.4 is 20.3 Å². The van der Waals surface area contributed by atoms with Gasteiger partial charge >= 0.3 is 12.1 Å². The number of hydrogen-bond acceptors (Lipinski definition) is 5. The van der Waals surface area contributed by atoms with E-state index in [-0.39, 0.29) is 11.3 Å². The van der Waals surface area contributed by atoms with Crippen molar-refractivity contribution in [3.05, 3.63) is 90.0 Å². The maximum atomic E-state index is 13.4. The Labute approximate surface area is 209 Å². The summed E-state index contributed by atoms with van der Waals surface area (Å²) in [6, 6.07) is 19.1. The molecule has 0 bridgehead atoms. The van der Waals surface area contributed by atoms with Gasteiger partial charge in [-0.1, -0.05) is 48.5 Å². The molecule has 1 atom stereocenters. The minimum absolute atomic E-state index is 0.0433. The number of anilines is 2. The lowest BCUT2D eigenvalue weighted by atomic mass is 10.0. The number of amides is 4. The van der Waals surface area contributed by atoms with Crippen LogP contribution in [0.3, 0.4) is 0 Å². The molecule has 11 heteroatoms. The second kappa shape index (κ2) is 11.4. The van der Waals surface area contributed by atoms with Gasteiger partial charge in [-0.15, -0.1) is 0 Å². The highest BCUT2D eigenvalue weighted by Crippen LogP contribution is 2.19. The summed E-state index contributed by atoms with van der Waals surface area (Å²) < 4.78 is 27.4. The molecule has 0 heterocycles. The number of carbonyl (C=O) groups excluding carboxylic acids is 2. The molecule has 0 aromatic heterocycles. The summed E-state index contributed by atoms with van der Waals surface area (Å²) in [5, 5.41) is 13.5. The Hall–Kier alpha value is -4.38. The van der Waals surface area contributed by atoms with Crippen molar-refractivity contribution in [2.75, 3.05) is 17.3 Å². The zero-order chi connectivity index (χ0) is 26.3. The van der Waals surface area contributed by atoms with Gasteiger partial charge in [-0.25, -0.2) is 22.7 Å². The van der Waals surface area contributed by atoms with E-state index in [1.807, 2.05) is 10.8 Å². The summed E-state index contributed by atoms with van der Waals surface area (Å²) >= 11 is 0. The molecule has 36 heavy (non-hydrogen) atoms. The number of carbonyl (C=O) groups is 3. The molecule has 0 aliphatic carbocycles. The van der Waals surface area contributed by atoms with Gasteiger partial charge in [0.2, 0.25) is 5.91 Å². The van der Waals surface area contributed by atoms with Crippen LogP contribution in [-0.2, 0) is 21.2 Å². The average Bonchev–Trinajstić information content (AvgIpc) is 2.83. The SMILES string of the molecule is Cc1ccccc1S(=O)(=O)NC(=O)NC(Cc1ccccc1)C(=O)N(C)c1ccc(NC(=O)O)cc1. The lowest BCUT2D eigenvalue weighted by Crippen LogP contribution is -2.52. The number of nitrogens with zero attached hydrogens (tertiary/aromatic N) is 1. The molecule has 4 amide bonds. The van der Waals surface area contributed by atoms with Crippen molar-refractivity contribution < 1.29 is 27.9 Å². The van der Waals surface area contributed by atoms with Gasteiger partial charge in [0.25, 0.3) is 10.0 Å². The predicted molar refractivity (Wildman–Crippen MR) is 135 cm³/mol. The van der Waals surface area contributed by atoms with E-state index in [2.05, 4.69) is 10.6 Å². The largest absolute Gasteiger partial charge is 0.465 e. The number of sulfonamides is 1. The number of rotatable bonds is 8. The number of benzene rings is 3. The molecule has 0 radical (unpaired) electrons. The molecule has 0 spiro atoms. The van der Waals surface area contributed by atoms with Crippen LogP contribution in [0.25, 0.3) is 0 Å². The maximum Gasteiger partial charge on any atom is 0.409 e. The Kier molecular flexibility index (Phi) is 8.28. The third-order valence-corrected chi connectivity index (χ3v) is 6.82. The highest BCUT2D eigenvalue weighted by atomic mass is 32.2. The minimum Gasteiger partial charge on any atom is -0.465 e. The summed E-state index contributed by atoms with van der Waals surface area (Å²) in [4.78, 5) is 38.1. The smallest absolute Gasteiger partial charge is 0.409 e. The Morgan fingerprint density at radius 1 is 0.917 bits per heavy atom. The number of carboxylic acid groups (broad SMARTS) is 1. The van der Waals surface area contributed by atoms with Crippen LogP contribution in [0.15, 0.2) is 83.8 Å². The molecule has 3 rings (SSSR count). The Morgan fingerprint density at radius 3 is 2.14 bits per heavy atom. The van der Waals surface area contributed by atoms with Gasteiger partial charge in [0.05, 0.1) is 4.90 Å². The predicted octanol–water partition coefficient (Wildman–Crippen LogP) is 3.35. The lowest BCUT2D eigenvalue weighted by molar-refractivity contribution is -0.120. The first-order valence-electron chi connectivity index (χ1n) is 10.9. The van der Waals surface area contributed by atoms with Gasteiger partial charge < -0.3 is 15.3 Å².